The molecule has 118 valence electrons. The Labute approximate surface area is 126 Å². The maximum atomic E-state index is 11.0. The van der Waals surface area contributed by atoms with E-state index in [9.17, 15) is 14.9 Å². The Morgan fingerprint density at radius 1 is 1.50 bits per heavy atom. The van der Waals surface area contributed by atoms with Crippen molar-refractivity contribution in [2.24, 2.45) is 12.8 Å². The summed E-state index contributed by atoms with van der Waals surface area (Å²) in [6.45, 7) is 3.62. The average molecular weight is 307 g/mol. The van der Waals surface area contributed by atoms with Gasteiger partial charge in [0.15, 0.2) is 0 Å². The molecule has 1 atom stereocenters. The zero-order chi connectivity index (χ0) is 16.6. The van der Waals surface area contributed by atoms with Crippen LogP contribution in [0, 0.1) is 24.0 Å². The predicted octanol–water partition coefficient (Wildman–Crippen LogP) is 1.32. The second kappa shape index (κ2) is 5.64. The van der Waals surface area contributed by atoms with E-state index in [0.717, 1.165) is 16.8 Å². The van der Waals surface area contributed by atoms with Crippen molar-refractivity contribution in [3.05, 3.63) is 39.1 Å². The van der Waals surface area contributed by atoms with Crippen LogP contribution in [0.4, 0.5) is 0 Å². The largest absolute Gasteiger partial charge is 0.480 e. The Morgan fingerprint density at radius 3 is 2.68 bits per heavy atom. The highest BCUT2D eigenvalue weighted by atomic mass is 17.0. The molecule has 0 amide bonds. The van der Waals surface area contributed by atoms with Crippen LogP contribution in [0.3, 0.4) is 0 Å². The lowest BCUT2D eigenvalue weighted by atomic mass is 10.0. The number of aromatic nitrogens is 1. The summed E-state index contributed by atoms with van der Waals surface area (Å²) in [6, 6.07) is 2.33. The van der Waals surface area contributed by atoms with E-state index in [1.54, 1.807) is 13.0 Å². The zero-order valence-electron chi connectivity index (χ0n) is 12.5. The van der Waals surface area contributed by atoms with Crippen LogP contribution < -0.4 is 10.6 Å². The molecule has 0 saturated heterocycles. The van der Waals surface area contributed by atoms with Gasteiger partial charge in [0.05, 0.1) is 5.52 Å². The van der Waals surface area contributed by atoms with Crippen molar-refractivity contribution < 1.29 is 19.8 Å². The number of aryl methyl sites for hydroxylation is 2. The number of carbonyl (C=O) groups is 1. The molecule has 1 heterocycles. The molecule has 1 unspecified atom stereocenters. The lowest BCUT2D eigenvalue weighted by Crippen LogP contribution is -2.32. The summed E-state index contributed by atoms with van der Waals surface area (Å²) in [5.41, 5.74) is 8.60. The fourth-order valence-electron chi connectivity index (χ4n) is 2.58. The molecule has 3 N–H and O–H groups in total. The van der Waals surface area contributed by atoms with Gasteiger partial charge in [-0.3, -0.25) is 9.63 Å². The Morgan fingerprint density at radius 2 is 2.14 bits per heavy atom. The van der Waals surface area contributed by atoms with Gasteiger partial charge in [0.1, 0.15) is 11.8 Å². The molecule has 1 aromatic carbocycles. The molecular formula is C14H17N3O5. The minimum Gasteiger partial charge on any atom is -0.480 e. The van der Waals surface area contributed by atoms with E-state index in [1.807, 2.05) is 24.6 Å². The maximum absolute atomic E-state index is 11.0. The van der Waals surface area contributed by atoms with Crippen LogP contribution in [-0.2, 0) is 18.3 Å². The van der Waals surface area contributed by atoms with Gasteiger partial charge in [-0.1, -0.05) is 0 Å². The quantitative estimate of drug-likeness (QED) is 0.635. The molecule has 0 aliphatic heterocycles. The summed E-state index contributed by atoms with van der Waals surface area (Å²) >= 11 is 0. The lowest BCUT2D eigenvalue weighted by Gasteiger charge is -2.09. The summed E-state index contributed by atoms with van der Waals surface area (Å²) < 4.78 is 1.85. The van der Waals surface area contributed by atoms with Gasteiger partial charge in [-0.25, -0.2) is 0 Å². The molecule has 0 saturated carbocycles. The summed E-state index contributed by atoms with van der Waals surface area (Å²) in [6.07, 6.45) is 0.0651. The number of rotatable bonds is 5. The van der Waals surface area contributed by atoms with Crippen LogP contribution in [0.15, 0.2) is 12.1 Å². The van der Waals surface area contributed by atoms with Gasteiger partial charge < -0.3 is 15.4 Å². The summed E-state index contributed by atoms with van der Waals surface area (Å²) in [7, 11) is 1.81. The van der Waals surface area contributed by atoms with Gasteiger partial charge >= 0.3 is 5.97 Å². The fraction of sp³-hybridized carbons (Fsp3) is 0.357. The monoisotopic (exact) mass is 307 g/mol. The third kappa shape index (κ3) is 2.73. The van der Waals surface area contributed by atoms with Crippen molar-refractivity contribution in [2.75, 3.05) is 0 Å². The van der Waals surface area contributed by atoms with Gasteiger partial charge in [0.25, 0.3) is 5.09 Å². The molecule has 0 spiro atoms. The molecule has 1 aromatic heterocycles. The van der Waals surface area contributed by atoms with Crippen molar-refractivity contribution in [1.29, 1.82) is 0 Å². The van der Waals surface area contributed by atoms with Crippen LogP contribution in [-0.4, -0.2) is 26.8 Å². The Bertz CT molecular complexity index is 766. The topological polar surface area (TPSA) is 121 Å². The first-order valence-electron chi connectivity index (χ1n) is 6.61. The number of hydrogen-bond donors (Lipinski definition) is 2. The smallest absolute Gasteiger partial charge is 0.320 e. The highest BCUT2D eigenvalue weighted by Crippen LogP contribution is 2.35. The number of carboxylic acids is 1. The molecule has 0 fully saturated rings. The maximum Gasteiger partial charge on any atom is 0.320 e. The normalized spacial score (nSPS) is 12.4. The number of hydrogen-bond acceptors (Lipinski definition) is 5. The van der Waals surface area contributed by atoms with Crippen molar-refractivity contribution in [3.63, 3.8) is 0 Å². The van der Waals surface area contributed by atoms with Crippen LogP contribution >= 0.6 is 0 Å². The fourth-order valence-corrected chi connectivity index (χ4v) is 2.58. The molecule has 0 aliphatic rings. The molecule has 2 rings (SSSR count). The minimum atomic E-state index is -1.12. The van der Waals surface area contributed by atoms with Crippen LogP contribution in [0.1, 0.15) is 16.8 Å². The Hall–Kier alpha value is -2.61. The third-order valence-corrected chi connectivity index (χ3v) is 3.74. The Balaban J connectivity index is 2.71. The number of aliphatic carboxylic acids is 1. The second-order valence-electron chi connectivity index (χ2n) is 5.24. The van der Waals surface area contributed by atoms with Crippen molar-refractivity contribution in [1.82, 2.24) is 4.57 Å². The number of fused-ring (bicyclic) bond motifs is 1. The van der Waals surface area contributed by atoms with Gasteiger partial charge in [0.2, 0.25) is 0 Å². The number of benzene rings is 1. The van der Waals surface area contributed by atoms with E-state index < -0.39 is 17.1 Å². The van der Waals surface area contributed by atoms with Gasteiger partial charge in [-0.05, 0) is 37.1 Å². The first kappa shape index (κ1) is 15.8. The van der Waals surface area contributed by atoms with Gasteiger partial charge in [-0.2, -0.15) is 0 Å². The van der Waals surface area contributed by atoms with Crippen LogP contribution in [0.2, 0.25) is 0 Å². The van der Waals surface area contributed by atoms with E-state index in [4.69, 9.17) is 10.8 Å². The molecule has 2 aromatic rings. The highest BCUT2D eigenvalue weighted by Gasteiger charge is 2.22. The first-order chi connectivity index (χ1) is 10.2. The van der Waals surface area contributed by atoms with Crippen molar-refractivity contribution >= 4 is 16.9 Å². The average Bonchev–Trinajstić information content (AvgIpc) is 2.63. The highest BCUT2D eigenvalue weighted by molar-refractivity contribution is 5.92. The van der Waals surface area contributed by atoms with E-state index in [-0.39, 0.29) is 12.2 Å². The zero-order valence-corrected chi connectivity index (χ0v) is 12.5. The number of carboxylic acid groups (broad SMARTS) is 1. The van der Waals surface area contributed by atoms with Crippen molar-refractivity contribution in [2.45, 2.75) is 26.3 Å². The van der Waals surface area contributed by atoms with Crippen molar-refractivity contribution in [3.8, 4) is 5.75 Å². The molecular weight excluding hydrogens is 290 g/mol. The van der Waals surface area contributed by atoms with Crippen LogP contribution in [0.25, 0.3) is 10.9 Å². The minimum absolute atomic E-state index is 0.0651. The molecule has 0 bridgehead atoms. The molecule has 0 aliphatic carbocycles. The van der Waals surface area contributed by atoms with E-state index >= 15 is 0 Å². The summed E-state index contributed by atoms with van der Waals surface area (Å²) in [5, 5.41) is 19.4. The summed E-state index contributed by atoms with van der Waals surface area (Å²) in [5.74, 6) is -1.03. The molecule has 22 heavy (non-hydrogen) atoms. The second-order valence-corrected chi connectivity index (χ2v) is 5.24. The molecule has 0 radical (unpaired) electrons. The van der Waals surface area contributed by atoms with Gasteiger partial charge in [-0.15, -0.1) is 10.1 Å². The molecule has 8 heteroatoms. The first-order valence-corrected chi connectivity index (χ1v) is 6.61. The number of nitrogens with zero attached hydrogens (tertiary/aromatic N) is 2. The van der Waals surface area contributed by atoms with Gasteiger partial charge in [0, 0.05) is 24.5 Å². The lowest BCUT2D eigenvalue weighted by molar-refractivity contribution is -0.710. The Kier molecular flexibility index (Phi) is 4.05. The third-order valence-electron chi connectivity index (χ3n) is 3.74. The number of nitrogens with two attached hydrogens (primary N) is 1. The molecule has 8 nitrogen and oxygen atoms in total. The SMILES string of the molecule is Cc1cc(O[N+](=O)[O-])c2c(CC(N)C(=O)O)c(C)n(C)c2c1. The standard InChI is InChI=1S/C14H17N3O5/c1-7-4-11-13(12(5-7)22-17(20)21)9(8(2)16(11)3)6-10(15)14(18)19/h4-5,10H,6,15H2,1-3H3,(H,18,19). The van der Waals surface area contributed by atoms with Crippen LogP contribution in [0.5, 0.6) is 5.75 Å². The van der Waals surface area contributed by atoms with E-state index in [2.05, 4.69) is 4.84 Å². The van der Waals surface area contributed by atoms with E-state index in [0.29, 0.717) is 10.9 Å². The summed E-state index contributed by atoms with van der Waals surface area (Å²) in [4.78, 5) is 26.4. The predicted molar refractivity (Wildman–Crippen MR) is 79.3 cm³/mol. The van der Waals surface area contributed by atoms with E-state index in [1.165, 1.54) is 0 Å².